The monoisotopic (exact) mass is 903 g/mol. The molecule has 0 aliphatic carbocycles. The second-order valence-electron chi connectivity index (χ2n) is 15.3. The van der Waals surface area contributed by atoms with Gasteiger partial charge in [0.05, 0.1) is 38.1 Å². The summed E-state index contributed by atoms with van der Waals surface area (Å²) in [6, 6.07) is 13.6. The number of aromatic amines is 1. The summed E-state index contributed by atoms with van der Waals surface area (Å²) in [5, 5.41) is 43.9. The van der Waals surface area contributed by atoms with E-state index >= 15 is 0 Å². The largest absolute Gasteiger partial charge is 0.480 e. The molecule has 64 heavy (non-hydrogen) atoms. The topological polar surface area (TPSA) is 313 Å². The van der Waals surface area contributed by atoms with Crippen molar-refractivity contribution in [3.63, 3.8) is 0 Å². The zero-order chi connectivity index (χ0) is 46.2. The number of nitrogens with one attached hydrogen (secondary N) is 6. The number of amides is 2. The predicted molar refractivity (Wildman–Crippen MR) is 241 cm³/mol. The third-order valence-corrected chi connectivity index (χ3v) is 10.4. The van der Waals surface area contributed by atoms with Gasteiger partial charge in [-0.15, -0.1) is 0 Å². The van der Waals surface area contributed by atoms with Crippen molar-refractivity contribution in [1.82, 2.24) is 50.6 Å². The molecule has 0 bridgehead atoms. The van der Waals surface area contributed by atoms with Crippen LogP contribution < -0.4 is 37.9 Å². The molecule has 0 radical (unpaired) electrons. The highest BCUT2D eigenvalue weighted by Gasteiger charge is 2.28. The van der Waals surface area contributed by atoms with Crippen molar-refractivity contribution in [3.8, 4) is 0 Å². The van der Waals surface area contributed by atoms with Gasteiger partial charge in [-0.25, -0.2) is 9.97 Å². The van der Waals surface area contributed by atoms with Gasteiger partial charge in [-0.2, -0.15) is 4.98 Å². The van der Waals surface area contributed by atoms with Crippen molar-refractivity contribution < 1.29 is 39.3 Å². The summed E-state index contributed by atoms with van der Waals surface area (Å²) in [6.07, 6.45) is 2.54. The molecule has 4 aromatic rings. The molecule has 1 fully saturated rings. The summed E-state index contributed by atoms with van der Waals surface area (Å²) in [5.74, 6) is -3.59. The molecule has 1 unspecified atom stereocenters. The van der Waals surface area contributed by atoms with Gasteiger partial charge >= 0.3 is 17.9 Å². The van der Waals surface area contributed by atoms with Gasteiger partial charge in [-0.05, 0) is 73.9 Å². The zero-order valence-electron chi connectivity index (χ0n) is 35.2. The summed E-state index contributed by atoms with van der Waals surface area (Å²) in [7, 11) is 0. The normalized spacial score (nSPS) is 15.5. The Hall–Kier alpha value is -6.82. The number of hydrogen-bond acceptors (Lipinski definition) is 15. The van der Waals surface area contributed by atoms with Gasteiger partial charge < -0.3 is 47.6 Å². The van der Waals surface area contributed by atoms with Crippen LogP contribution in [0, 0.1) is 0 Å². The predicted octanol–water partition coefficient (Wildman–Crippen LogP) is -0.00680. The molecule has 2 amide bonds. The number of aromatic nitrogens is 4. The number of carboxylic acid groups (broad SMARTS) is 3. The lowest BCUT2D eigenvalue weighted by atomic mass is 10.0. The molecular weight excluding hydrogens is 851 g/mol. The van der Waals surface area contributed by atoms with Gasteiger partial charge in [-0.1, -0.05) is 12.1 Å². The quantitative estimate of drug-likeness (QED) is 0.0412. The fraction of sp³-hybridized carbons (Fsp3) is 0.415. The molecule has 1 aliphatic rings. The maximum absolute atomic E-state index is 12.8. The Morgan fingerprint density at radius 2 is 1.50 bits per heavy atom. The van der Waals surface area contributed by atoms with Crippen LogP contribution in [0.4, 0.5) is 17.3 Å². The molecule has 3 heterocycles. The first-order valence-electron chi connectivity index (χ1n) is 20.5. The third kappa shape index (κ3) is 15.8. The van der Waals surface area contributed by atoms with Crippen molar-refractivity contribution in [2.75, 3.05) is 81.8 Å². The molecule has 23 heteroatoms. The van der Waals surface area contributed by atoms with Crippen LogP contribution >= 0.6 is 12.2 Å². The number of fused-ring (bicyclic) bond motifs is 1. The van der Waals surface area contributed by atoms with E-state index in [4.69, 9.17) is 18.0 Å². The molecule has 22 nitrogen and oxygen atoms in total. The van der Waals surface area contributed by atoms with E-state index in [0.29, 0.717) is 74.2 Å². The maximum atomic E-state index is 12.8. The van der Waals surface area contributed by atoms with Crippen LogP contribution in [0.2, 0.25) is 0 Å². The van der Waals surface area contributed by atoms with E-state index in [1.54, 1.807) is 39.0 Å². The van der Waals surface area contributed by atoms with Crippen LogP contribution in [0.1, 0.15) is 41.4 Å². The molecular formula is C41H53N13O9S. The van der Waals surface area contributed by atoms with Crippen LogP contribution in [0.25, 0.3) is 11.2 Å². The Kier molecular flexibility index (Phi) is 17.8. The minimum atomic E-state index is -1.04. The summed E-state index contributed by atoms with van der Waals surface area (Å²) in [4.78, 5) is 92.3. The van der Waals surface area contributed by atoms with Crippen molar-refractivity contribution in [3.05, 3.63) is 81.9 Å². The first-order chi connectivity index (χ1) is 30.6. The van der Waals surface area contributed by atoms with Crippen LogP contribution in [0.5, 0.6) is 0 Å². The maximum Gasteiger partial charge on any atom is 0.317 e. The number of benzene rings is 2. The Bertz CT molecular complexity index is 2330. The van der Waals surface area contributed by atoms with Gasteiger partial charge in [0.15, 0.2) is 16.3 Å². The zero-order valence-corrected chi connectivity index (χ0v) is 36.0. The summed E-state index contributed by atoms with van der Waals surface area (Å²) < 4.78 is 0. The lowest BCUT2D eigenvalue weighted by Gasteiger charge is -2.33. The molecule has 0 spiro atoms. The minimum Gasteiger partial charge on any atom is -0.480 e. The van der Waals surface area contributed by atoms with Gasteiger partial charge in [-0.3, -0.25) is 48.5 Å². The lowest BCUT2D eigenvalue weighted by Crippen LogP contribution is -2.49. The number of anilines is 3. The Morgan fingerprint density at radius 3 is 2.20 bits per heavy atom. The van der Waals surface area contributed by atoms with Crippen LogP contribution in [0.15, 0.2) is 59.5 Å². The van der Waals surface area contributed by atoms with E-state index < -0.39 is 23.5 Å². The molecule has 1 saturated heterocycles. The average molecular weight is 904 g/mol. The van der Waals surface area contributed by atoms with E-state index in [1.807, 2.05) is 31.2 Å². The van der Waals surface area contributed by atoms with Crippen LogP contribution in [-0.2, 0) is 32.1 Å². The van der Waals surface area contributed by atoms with E-state index in [9.17, 15) is 44.1 Å². The number of hydrogen-bond donors (Lipinski definition) is 10. The fourth-order valence-corrected chi connectivity index (χ4v) is 7.18. The minimum absolute atomic E-state index is 0.0408. The van der Waals surface area contributed by atoms with Gasteiger partial charge in [0.2, 0.25) is 11.9 Å². The summed E-state index contributed by atoms with van der Waals surface area (Å²) in [5.41, 5.74) is 8.56. The summed E-state index contributed by atoms with van der Waals surface area (Å²) in [6.45, 7) is 3.53. The number of nitrogens with zero attached hydrogens (tertiary/aromatic N) is 6. The standard InChI is InChI=1S/C41H53N13O9S/c1-25(47-38(62)27-5-9-28(10-6-27)45-19-30-20-46-37-36(48-30)39(63)51-40(42)50-37)2-11-32(55)43-12-13-44-41(64)49-29-7-3-26(4-8-29)18-31-21-53(23-34(58)59)15-14-52(22-33(56)57)16-17-54(31)24-35(60)61/h3-10,20,25,31,45H,2,11-19,21-24H2,1H3,(H,43,55)(H,47,62)(H,56,57)(H,58,59)(H,60,61)(H2,44,49,64)(H3,42,46,50,51,63)/t25-,31?/m1/s1. The van der Waals surface area contributed by atoms with E-state index in [2.05, 4.69) is 46.5 Å². The van der Waals surface area contributed by atoms with Crippen molar-refractivity contribution in [2.45, 2.75) is 44.8 Å². The Morgan fingerprint density at radius 1 is 0.859 bits per heavy atom. The number of nitrogens with two attached hydrogens (primary N) is 1. The van der Waals surface area contributed by atoms with E-state index in [0.717, 1.165) is 11.3 Å². The average Bonchev–Trinajstić information content (AvgIpc) is 3.30. The number of thiocarbonyl (C=S) groups is 1. The molecule has 2 atom stereocenters. The molecule has 1 aliphatic heterocycles. The van der Waals surface area contributed by atoms with Gasteiger partial charge in [0, 0.05) is 81.3 Å². The first-order valence-corrected chi connectivity index (χ1v) is 20.9. The molecule has 5 rings (SSSR count). The Balaban J connectivity index is 0.993. The third-order valence-electron chi connectivity index (χ3n) is 10.2. The fourth-order valence-electron chi connectivity index (χ4n) is 6.96. The number of carboxylic acids is 3. The molecule has 2 aromatic heterocycles. The number of rotatable bonds is 20. The first kappa shape index (κ1) is 48.2. The number of nitrogen functional groups attached to an aromatic ring is 1. The lowest BCUT2D eigenvalue weighted by molar-refractivity contribution is -0.140. The molecule has 11 N–H and O–H groups in total. The van der Waals surface area contributed by atoms with Crippen LogP contribution in [-0.4, -0.2) is 162 Å². The highest BCUT2D eigenvalue weighted by atomic mass is 32.1. The van der Waals surface area contributed by atoms with E-state index in [-0.39, 0.29) is 80.2 Å². The molecule has 2 aromatic carbocycles. The Labute approximate surface area is 373 Å². The number of aliphatic carboxylic acids is 3. The van der Waals surface area contributed by atoms with Crippen molar-refractivity contribution in [2.24, 2.45) is 0 Å². The number of H-pyrrole nitrogens is 1. The van der Waals surface area contributed by atoms with Crippen LogP contribution in [0.3, 0.4) is 0 Å². The van der Waals surface area contributed by atoms with Crippen molar-refractivity contribution in [1.29, 1.82) is 0 Å². The molecule has 0 saturated carbocycles. The SMILES string of the molecule is C[C@H](CCC(=O)NCCNC(=S)Nc1ccc(CC2CN(CC(=O)O)CCN(CC(=O)O)CCN2CC(=O)O)cc1)NC(=O)c1ccc(NCc2cnc3nc(N)[nH]c(=O)c3n2)cc1. The molecule has 342 valence electrons. The highest BCUT2D eigenvalue weighted by molar-refractivity contribution is 7.80. The smallest absolute Gasteiger partial charge is 0.317 e. The van der Waals surface area contributed by atoms with Gasteiger partial charge in [0.1, 0.15) is 0 Å². The number of carbonyl (C=O) groups is 5. The second kappa shape index (κ2) is 23.6. The van der Waals surface area contributed by atoms with Crippen molar-refractivity contribution >= 4 is 75.5 Å². The number of carbonyl (C=O) groups excluding carboxylic acids is 2. The van der Waals surface area contributed by atoms with Gasteiger partial charge in [0.25, 0.3) is 11.5 Å². The summed E-state index contributed by atoms with van der Waals surface area (Å²) >= 11 is 5.43. The second-order valence-corrected chi connectivity index (χ2v) is 15.7. The van der Waals surface area contributed by atoms with E-state index in [1.165, 1.54) is 6.20 Å². The highest BCUT2D eigenvalue weighted by Crippen LogP contribution is 2.17.